The molecule has 0 spiro atoms. The van der Waals surface area contributed by atoms with Crippen LogP contribution >= 0.6 is 0 Å². The van der Waals surface area contributed by atoms with Gasteiger partial charge in [0, 0.05) is 67.7 Å². The minimum absolute atomic E-state index is 0.785. The van der Waals surface area contributed by atoms with Crippen LogP contribution in [0.2, 0.25) is 0 Å². The summed E-state index contributed by atoms with van der Waals surface area (Å²) in [5, 5.41) is 9.84. The van der Waals surface area contributed by atoms with Gasteiger partial charge in [-0.25, -0.2) is 0 Å². The molecule has 0 bridgehead atoms. The Morgan fingerprint density at radius 3 is 1.67 bits per heavy atom. The van der Waals surface area contributed by atoms with Gasteiger partial charge in [-0.2, -0.15) is 0 Å². The van der Waals surface area contributed by atoms with E-state index < -0.39 is 0 Å². The Morgan fingerprint density at radius 2 is 0.938 bits per heavy atom. The first-order valence-corrected chi connectivity index (χ1v) is 16.0. The van der Waals surface area contributed by atoms with E-state index in [1.54, 1.807) is 0 Å². The highest BCUT2D eigenvalue weighted by Crippen LogP contribution is 2.43. The number of hydrogen-bond donors (Lipinski definition) is 0. The Kier molecular flexibility index (Phi) is 5.05. The summed E-state index contributed by atoms with van der Waals surface area (Å²) in [6, 6.07) is 48.5. The Labute approximate surface area is 272 Å². The number of aromatic nitrogens is 1. The smallest absolute Gasteiger partial charge is 0.153 e. The number of pyridine rings is 1. The molecule has 0 unspecified atom stereocenters. The van der Waals surface area contributed by atoms with Crippen LogP contribution in [0.4, 0.5) is 17.1 Å². The fraction of sp³-hybridized carbons (Fsp3) is 0. The molecule has 0 saturated heterocycles. The van der Waals surface area contributed by atoms with Gasteiger partial charge in [-0.3, -0.25) is 4.98 Å². The molecule has 0 fully saturated rings. The Balaban J connectivity index is 1.19. The van der Waals surface area contributed by atoms with E-state index in [-0.39, 0.29) is 0 Å². The molecule has 11 aromatic rings. The SMILES string of the molecule is c1ccc2c(c1)oc1cc(N(c3ccc4c(c3)oc3ccccc34)c3ccc4ccc5ccc6c7ncccc7oc6c5c4c3)ccc12. The van der Waals surface area contributed by atoms with Gasteiger partial charge in [-0.1, -0.05) is 60.7 Å². The Hall–Kier alpha value is -6.59. The van der Waals surface area contributed by atoms with E-state index in [9.17, 15) is 0 Å². The third-order valence-corrected chi connectivity index (χ3v) is 9.68. The van der Waals surface area contributed by atoms with Crippen LogP contribution in [-0.2, 0) is 0 Å². The van der Waals surface area contributed by atoms with E-state index >= 15 is 0 Å². The molecule has 0 amide bonds. The van der Waals surface area contributed by atoms with Gasteiger partial charge in [0.1, 0.15) is 33.4 Å². The summed E-state index contributed by atoms with van der Waals surface area (Å²) < 4.78 is 19.2. The molecule has 0 aliphatic heterocycles. The summed E-state index contributed by atoms with van der Waals surface area (Å²) in [6.45, 7) is 0. The number of para-hydroxylation sites is 2. The lowest BCUT2D eigenvalue weighted by Crippen LogP contribution is -2.09. The minimum Gasteiger partial charge on any atom is -0.456 e. The lowest BCUT2D eigenvalue weighted by atomic mass is 9.99. The molecule has 0 N–H and O–H groups in total. The molecule has 0 aliphatic rings. The van der Waals surface area contributed by atoms with Crippen LogP contribution in [0, 0.1) is 0 Å². The van der Waals surface area contributed by atoms with Gasteiger partial charge < -0.3 is 18.2 Å². The summed E-state index contributed by atoms with van der Waals surface area (Å²) in [6.07, 6.45) is 1.82. The van der Waals surface area contributed by atoms with Crippen molar-refractivity contribution < 1.29 is 13.3 Å². The molecule has 0 aliphatic carbocycles. The van der Waals surface area contributed by atoms with E-state index in [0.717, 1.165) is 105 Å². The molecule has 7 aromatic carbocycles. The number of nitrogens with zero attached hydrogens (tertiary/aromatic N) is 2. The topological polar surface area (TPSA) is 55.6 Å². The quantitative estimate of drug-likeness (QED) is 0.185. The van der Waals surface area contributed by atoms with Crippen LogP contribution in [0.1, 0.15) is 0 Å². The second kappa shape index (κ2) is 9.47. The highest BCUT2D eigenvalue weighted by molar-refractivity contribution is 6.23. The third-order valence-electron chi connectivity index (χ3n) is 9.68. The number of hydrogen-bond acceptors (Lipinski definition) is 5. The van der Waals surface area contributed by atoms with Crippen molar-refractivity contribution in [2.75, 3.05) is 4.90 Å². The predicted octanol–water partition coefficient (Wildman–Crippen LogP) is 12.6. The largest absolute Gasteiger partial charge is 0.456 e. The Bertz CT molecular complexity index is 2980. The molecule has 5 nitrogen and oxygen atoms in total. The summed E-state index contributed by atoms with van der Waals surface area (Å²) in [4.78, 5) is 6.92. The van der Waals surface area contributed by atoms with Gasteiger partial charge in [-0.15, -0.1) is 0 Å². The molecule has 224 valence electrons. The number of fused-ring (bicyclic) bond motifs is 13. The zero-order chi connectivity index (χ0) is 31.3. The summed E-state index contributed by atoms with van der Waals surface area (Å²) >= 11 is 0. The monoisotopic (exact) mass is 616 g/mol. The number of benzene rings is 7. The second-order valence-corrected chi connectivity index (χ2v) is 12.4. The lowest BCUT2D eigenvalue weighted by molar-refractivity contribution is 0.669. The molecule has 11 rings (SSSR count). The summed E-state index contributed by atoms with van der Waals surface area (Å²) in [7, 11) is 0. The normalized spacial score (nSPS) is 12.2. The number of rotatable bonds is 3. The zero-order valence-corrected chi connectivity index (χ0v) is 25.5. The number of anilines is 3. The van der Waals surface area contributed by atoms with Crippen LogP contribution in [0.3, 0.4) is 0 Å². The summed E-state index contributed by atoms with van der Waals surface area (Å²) in [5.41, 5.74) is 8.91. The fourth-order valence-electron chi connectivity index (χ4n) is 7.47. The molecular weight excluding hydrogens is 592 g/mol. The standard InChI is InChI=1S/C43H24N2O3/c1-3-8-36-30(6-1)32-19-16-28(23-39(32)46-36)45(29-17-20-33-31-7-2-4-9-37(31)47-40(33)24-29)27-15-13-25-11-12-26-14-18-34-42-38(10-5-21-44-42)48-43(34)41(26)35(25)22-27/h1-24H. The van der Waals surface area contributed by atoms with Crippen LogP contribution in [-0.4, -0.2) is 4.98 Å². The van der Waals surface area contributed by atoms with E-state index in [1.807, 2.05) is 42.6 Å². The van der Waals surface area contributed by atoms with Crippen LogP contribution < -0.4 is 4.90 Å². The average Bonchev–Trinajstić information content (AvgIpc) is 3.82. The van der Waals surface area contributed by atoms with Crippen LogP contribution in [0.25, 0.3) is 87.5 Å². The van der Waals surface area contributed by atoms with E-state index in [2.05, 4.69) is 113 Å². The maximum atomic E-state index is 6.50. The van der Waals surface area contributed by atoms with Crippen molar-refractivity contribution in [1.82, 2.24) is 4.98 Å². The van der Waals surface area contributed by atoms with Crippen molar-refractivity contribution >= 4 is 105 Å². The molecular formula is C43H24N2O3. The molecule has 48 heavy (non-hydrogen) atoms. The van der Waals surface area contributed by atoms with Gasteiger partial charge in [0.15, 0.2) is 5.58 Å². The maximum Gasteiger partial charge on any atom is 0.153 e. The van der Waals surface area contributed by atoms with E-state index in [0.29, 0.717) is 0 Å². The van der Waals surface area contributed by atoms with Crippen LogP contribution in [0.5, 0.6) is 0 Å². The molecule has 0 atom stereocenters. The molecule has 4 heterocycles. The van der Waals surface area contributed by atoms with Crippen molar-refractivity contribution in [3.8, 4) is 0 Å². The first kappa shape index (κ1) is 25.6. The maximum absolute atomic E-state index is 6.50. The lowest BCUT2D eigenvalue weighted by Gasteiger charge is -2.26. The van der Waals surface area contributed by atoms with Gasteiger partial charge in [0.05, 0.1) is 0 Å². The molecule has 0 saturated carbocycles. The fourth-order valence-corrected chi connectivity index (χ4v) is 7.47. The molecule has 4 aromatic heterocycles. The van der Waals surface area contributed by atoms with Gasteiger partial charge in [0.25, 0.3) is 0 Å². The van der Waals surface area contributed by atoms with Crippen molar-refractivity contribution in [3.63, 3.8) is 0 Å². The minimum atomic E-state index is 0.785. The van der Waals surface area contributed by atoms with Gasteiger partial charge in [0.2, 0.25) is 0 Å². The van der Waals surface area contributed by atoms with Gasteiger partial charge >= 0.3 is 0 Å². The zero-order valence-electron chi connectivity index (χ0n) is 25.5. The first-order chi connectivity index (χ1) is 23.8. The summed E-state index contributed by atoms with van der Waals surface area (Å²) in [5.74, 6) is 0. The van der Waals surface area contributed by atoms with Crippen molar-refractivity contribution in [1.29, 1.82) is 0 Å². The number of furan rings is 3. The average molecular weight is 617 g/mol. The highest BCUT2D eigenvalue weighted by Gasteiger charge is 2.19. The van der Waals surface area contributed by atoms with Crippen molar-refractivity contribution in [3.05, 3.63) is 146 Å². The van der Waals surface area contributed by atoms with Crippen LogP contribution in [0.15, 0.2) is 159 Å². The van der Waals surface area contributed by atoms with E-state index in [1.165, 1.54) is 0 Å². The van der Waals surface area contributed by atoms with Crippen molar-refractivity contribution in [2.45, 2.75) is 0 Å². The molecule has 5 heteroatoms. The third kappa shape index (κ3) is 3.58. The predicted molar refractivity (Wildman–Crippen MR) is 196 cm³/mol. The first-order valence-electron chi connectivity index (χ1n) is 16.0. The van der Waals surface area contributed by atoms with Crippen molar-refractivity contribution in [2.24, 2.45) is 0 Å². The highest BCUT2D eigenvalue weighted by atomic mass is 16.3. The van der Waals surface area contributed by atoms with E-state index in [4.69, 9.17) is 13.3 Å². The van der Waals surface area contributed by atoms with Gasteiger partial charge in [-0.05, 0) is 82.9 Å². The molecule has 0 radical (unpaired) electrons. The second-order valence-electron chi connectivity index (χ2n) is 12.4. The Morgan fingerprint density at radius 1 is 0.396 bits per heavy atom.